The second-order valence-electron chi connectivity index (χ2n) is 8.28. The maximum Gasteiger partial charge on any atom is -0.0228 e. The third kappa shape index (κ3) is 15.1. The van der Waals surface area contributed by atoms with Crippen molar-refractivity contribution in [1.29, 1.82) is 0 Å². The first-order valence-corrected chi connectivity index (χ1v) is 14.3. The highest BCUT2D eigenvalue weighted by atomic mass is 32.3. The second kappa shape index (κ2) is 19.1. The van der Waals surface area contributed by atoms with E-state index in [1.54, 1.807) is 23.0 Å². The standard InChI is InChI=1S/C24H52S/c1-5-9-13-14-15-16-17-18-19-20-24-25(21-10-6-2,22-11-7-3)23-12-8-4/h5-24H2,1-4H3. The summed E-state index contributed by atoms with van der Waals surface area (Å²) in [5.74, 6) is 6.35. The average Bonchev–Trinajstić information content (AvgIpc) is 2.64. The van der Waals surface area contributed by atoms with E-state index in [2.05, 4.69) is 27.7 Å². The maximum atomic E-state index is 2.38. The van der Waals surface area contributed by atoms with E-state index in [4.69, 9.17) is 0 Å². The van der Waals surface area contributed by atoms with Gasteiger partial charge in [0.15, 0.2) is 0 Å². The van der Waals surface area contributed by atoms with Crippen LogP contribution in [-0.2, 0) is 0 Å². The van der Waals surface area contributed by atoms with Crippen molar-refractivity contribution in [2.75, 3.05) is 23.0 Å². The van der Waals surface area contributed by atoms with Gasteiger partial charge in [0.2, 0.25) is 0 Å². The van der Waals surface area contributed by atoms with Crippen LogP contribution in [-0.4, -0.2) is 23.0 Å². The zero-order chi connectivity index (χ0) is 18.6. The monoisotopic (exact) mass is 372 g/mol. The molecule has 0 bridgehead atoms. The molecule has 0 aliphatic rings. The van der Waals surface area contributed by atoms with Gasteiger partial charge in [0.1, 0.15) is 0 Å². The molecule has 0 atom stereocenters. The lowest BCUT2D eigenvalue weighted by atomic mass is 10.1. The third-order valence-corrected chi connectivity index (χ3v) is 10.3. The number of hydrogen-bond donors (Lipinski definition) is 0. The summed E-state index contributed by atoms with van der Waals surface area (Å²) in [6.45, 7) is 9.45. The fourth-order valence-electron chi connectivity index (χ4n) is 3.86. The van der Waals surface area contributed by atoms with Crippen molar-refractivity contribution in [1.82, 2.24) is 0 Å². The van der Waals surface area contributed by atoms with Gasteiger partial charge >= 0.3 is 0 Å². The molecule has 0 fully saturated rings. The van der Waals surface area contributed by atoms with Crippen LogP contribution >= 0.6 is 10.0 Å². The Balaban J connectivity index is 4.01. The molecule has 154 valence electrons. The van der Waals surface area contributed by atoms with Gasteiger partial charge in [-0.05, 0) is 48.7 Å². The van der Waals surface area contributed by atoms with Crippen molar-refractivity contribution in [2.45, 2.75) is 130 Å². The highest BCUT2D eigenvalue weighted by Gasteiger charge is 2.21. The average molecular weight is 373 g/mol. The molecule has 0 aliphatic carbocycles. The SMILES string of the molecule is CCCCCCCCCCCCS(CCCC)(CCCC)CCCC. The summed E-state index contributed by atoms with van der Waals surface area (Å²) < 4.78 is 0. The molecule has 0 rings (SSSR count). The fourth-order valence-corrected chi connectivity index (χ4v) is 8.60. The van der Waals surface area contributed by atoms with Crippen LogP contribution in [0.2, 0.25) is 0 Å². The van der Waals surface area contributed by atoms with Crippen molar-refractivity contribution < 1.29 is 0 Å². The molecule has 0 unspecified atom stereocenters. The van der Waals surface area contributed by atoms with Crippen LogP contribution in [0.25, 0.3) is 0 Å². The topological polar surface area (TPSA) is 0 Å². The first kappa shape index (κ1) is 25.4. The van der Waals surface area contributed by atoms with E-state index in [-0.39, 0.29) is 10.0 Å². The Morgan fingerprint density at radius 3 is 0.960 bits per heavy atom. The Hall–Kier alpha value is 0.350. The molecule has 0 saturated heterocycles. The molecule has 0 N–H and O–H groups in total. The Kier molecular flexibility index (Phi) is 19.4. The van der Waals surface area contributed by atoms with Gasteiger partial charge in [0.25, 0.3) is 0 Å². The van der Waals surface area contributed by atoms with Gasteiger partial charge in [-0.1, -0.05) is 105 Å². The molecule has 0 radical (unpaired) electrons. The third-order valence-electron chi connectivity index (χ3n) is 5.72. The molecular formula is C24H52S. The Bertz CT molecular complexity index is 227. The van der Waals surface area contributed by atoms with Crippen LogP contribution < -0.4 is 0 Å². The molecule has 0 aromatic carbocycles. The summed E-state index contributed by atoms with van der Waals surface area (Å²) in [5.41, 5.74) is 0. The predicted octanol–water partition coefficient (Wildman–Crippen LogP) is 9.11. The minimum atomic E-state index is -0.291. The first-order chi connectivity index (χ1) is 12.2. The smallest absolute Gasteiger partial charge is 0.0228 e. The lowest BCUT2D eigenvalue weighted by Gasteiger charge is -2.41. The second-order valence-corrected chi connectivity index (χ2v) is 12.4. The van der Waals surface area contributed by atoms with Gasteiger partial charge in [-0.25, -0.2) is 10.0 Å². The highest BCUT2D eigenvalue weighted by Crippen LogP contribution is 2.51. The molecule has 0 spiro atoms. The summed E-state index contributed by atoms with van der Waals surface area (Å²) in [6, 6.07) is 0. The van der Waals surface area contributed by atoms with Gasteiger partial charge in [0.05, 0.1) is 0 Å². The van der Waals surface area contributed by atoms with Crippen LogP contribution in [0, 0.1) is 0 Å². The van der Waals surface area contributed by atoms with Gasteiger partial charge in [-0.15, -0.1) is 0 Å². The summed E-state index contributed by atoms with van der Waals surface area (Å²) in [5, 5.41) is 0. The zero-order valence-corrected chi connectivity index (χ0v) is 19.4. The number of hydrogen-bond acceptors (Lipinski definition) is 0. The van der Waals surface area contributed by atoms with E-state index in [0.29, 0.717) is 0 Å². The van der Waals surface area contributed by atoms with Crippen molar-refractivity contribution in [3.63, 3.8) is 0 Å². The van der Waals surface area contributed by atoms with E-state index in [9.17, 15) is 0 Å². The largest absolute Gasteiger partial charge is 0.241 e. The quantitative estimate of drug-likeness (QED) is 0.187. The number of unbranched alkanes of at least 4 members (excludes halogenated alkanes) is 12. The van der Waals surface area contributed by atoms with Crippen LogP contribution in [0.15, 0.2) is 0 Å². The molecular weight excluding hydrogens is 320 g/mol. The van der Waals surface area contributed by atoms with Crippen molar-refractivity contribution in [3.05, 3.63) is 0 Å². The van der Waals surface area contributed by atoms with Crippen molar-refractivity contribution in [2.24, 2.45) is 0 Å². The van der Waals surface area contributed by atoms with E-state index in [1.807, 2.05) is 0 Å². The molecule has 0 saturated carbocycles. The minimum Gasteiger partial charge on any atom is -0.241 e. The molecule has 0 nitrogen and oxygen atoms in total. The van der Waals surface area contributed by atoms with Crippen LogP contribution in [0.4, 0.5) is 0 Å². The van der Waals surface area contributed by atoms with E-state index < -0.39 is 0 Å². The Morgan fingerprint density at radius 2 is 0.600 bits per heavy atom. The zero-order valence-electron chi connectivity index (χ0n) is 18.6. The van der Waals surface area contributed by atoms with Gasteiger partial charge < -0.3 is 0 Å². The molecule has 0 aromatic rings. The minimum absolute atomic E-state index is 0.291. The normalized spacial score (nSPS) is 12.6. The lowest BCUT2D eigenvalue weighted by molar-refractivity contribution is 0.562. The molecule has 0 amide bonds. The highest BCUT2D eigenvalue weighted by molar-refractivity contribution is 8.33. The molecule has 0 aromatic heterocycles. The van der Waals surface area contributed by atoms with E-state index in [0.717, 1.165) is 0 Å². The van der Waals surface area contributed by atoms with Gasteiger partial charge in [0, 0.05) is 0 Å². The summed E-state index contributed by atoms with van der Waals surface area (Å²) in [4.78, 5) is 0. The summed E-state index contributed by atoms with van der Waals surface area (Å²) >= 11 is 0. The summed E-state index contributed by atoms with van der Waals surface area (Å²) in [6.07, 6.45) is 23.4. The van der Waals surface area contributed by atoms with Gasteiger partial charge in [-0.3, -0.25) is 0 Å². The van der Waals surface area contributed by atoms with Crippen LogP contribution in [0.1, 0.15) is 130 Å². The first-order valence-electron chi connectivity index (χ1n) is 12.0. The molecule has 0 aliphatic heterocycles. The van der Waals surface area contributed by atoms with Crippen LogP contribution in [0.5, 0.6) is 0 Å². The maximum absolute atomic E-state index is 2.38. The van der Waals surface area contributed by atoms with E-state index in [1.165, 1.54) is 103 Å². The summed E-state index contributed by atoms with van der Waals surface area (Å²) in [7, 11) is -0.291. The molecule has 25 heavy (non-hydrogen) atoms. The molecule has 1 heteroatoms. The number of rotatable bonds is 20. The van der Waals surface area contributed by atoms with E-state index >= 15 is 0 Å². The molecule has 0 heterocycles. The fraction of sp³-hybridized carbons (Fsp3) is 1.00. The van der Waals surface area contributed by atoms with Crippen molar-refractivity contribution in [3.8, 4) is 0 Å². The Labute approximate surface area is 163 Å². The van der Waals surface area contributed by atoms with Crippen molar-refractivity contribution >= 4 is 10.0 Å². The predicted molar refractivity (Wildman–Crippen MR) is 124 cm³/mol. The van der Waals surface area contributed by atoms with Crippen LogP contribution in [0.3, 0.4) is 0 Å². The lowest BCUT2D eigenvalue weighted by Crippen LogP contribution is -2.18. The van der Waals surface area contributed by atoms with Gasteiger partial charge in [-0.2, -0.15) is 0 Å². The Morgan fingerprint density at radius 1 is 0.320 bits per heavy atom.